The van der Waals surface area contributed by atoms with Crippen LogP contribution in [0.15, 0.2) is 12.7 Å². The second kappa shape index (κ2) is 6.42. The van der Waals surface area contributed by atoms with Crippen LogP contribution >= 0.6 is 0 Å². The molecule has 0 aliphatic carbocycles. The minimum atomic E-state index is 0.677. The van der Waals surface area contributed by atoms with Crippen molar-refractivity contribution in [3.05, 3.63) is 12.7 Å². The maximum Gasteiger partial charge on any atom is 0.0117 e. The van der Waals surface area contributed by atoms with Crippen LogP contribution in [-0.2, 0) is 0 Å². The number of allylic oxidation sites excluding steroid dienone is 1. The third-order valence-electron chi connectivity index (χ3n) is 1.32. The van der Waals surface area contributed by atoms with E-state index in [-0.39, 0.29) is 0 Å². The van der Waals surface area contributed by atoms with Gasteiger partial charge in [0.2, 0.25) is 0 Å². The molecule has 0 N–H and O–H groups in total. The van der Waals surface area contributed by atoms with Gasteiger partial charge in [-0.2, -0.15) is 0 Å². The minimum Gasteiger partial charge on any atom is -0.104 e. The molecule has 0 fully saturated rings. The first-order valence-electron chi connectivity index (χ1n) is 3.87. The summed E-state index contributed by atoms with van der Waals surface area (Å²) in [5.41, 5.74) is 0. The van der Waals surface area contributed by atoms with Gasteiger partial charge in [0.15, 0.2) is 0 Å². The van der Waals surface area contributed by atoms with Gasteiger partial charge in [0, 0.05) is 12.8 Å². The fourth-order valence-corrected chi connectivity index (χ4v) is 0.739. The third-order valence-corrected chi connectivity index (χ3v) is 1.32. The predicted octanol–water partition coefficient (Wildman–Crippen LogP) is 3.00. The Hall–Kier alpha value is -0.700. The van der Waals surface area contributed by atoms with Gasteiger partial charge < -0.3 is 0 Å². The highest BCUT2D eigenvalue weighted by Crippen LogP contribution is 2.05. The molecule has 0 aromatic rings. The van der Waals surface area contributed by atoms with Gasteiger partial charge >= 0.3 is 0 Å². The molecule has 0 radical (unpaired) electrons. The molecule has 0 heterocycles. The molecule has 0 aliphatic heterocycles. The van der Waals surface area contributed by atoms with Crippen LogP contribution in [0.5, 0.6) is 0 Å². The summed E-state index contributed by atoms with van der Waals surface area (Å²) in [4.78, 5) is 0. The van der Waals surface area contributed by atoms with Crippen molar-refractivity contribution in [1.29, 1.82) is 0 Å². The van der Waals surface area contributed by atoms with E-state index in [1.165, 1.54) is 0 Å². The maximum atomic E-state index is 3.68. The second-order valence-electron chi connectivity index (χ2n) is 2.54. The number of hydrogen-bond acceptors (Lipinski definition) is 0. The van der Waals surface area contributed by atoms with Gasteiger partial charge in [-0.25, -0.2) is 0 Å². The molecule has 0 saturated carbocycles. The van der Waals surface area contributed by atoms with Gasteiger partial charge in [-0.05, 0) is 12.3 Å². The average molecular weight is 136 g/mol. The second-order valence-corrected chi connectivity index (χ2v) is 2.54. The number of rotatable bonds is 3. The first kappa shape index (κ1) is 9.30. The van der Waals surface area contributed by atoms with Gasteiger partial charge in [0.05, 0.1) is 0 Å². The zero-order valence-corrected chi connectivity index (χ0v) is 6.98. The molecule has 0 spiro atoms. The summed E-state index contributed by atoms with van der Waals surface area (Å²) in [6, 6.07) is 0. The van der Waals surface area contributed by atoms with Crippen LogP contribution in [0, 0.1) is 17.8 Å². The lowest BCUT2D eigenvalue weighted by atomic mass is 10.0. The van der Waals surface area contributed by atoms with Gasteiger partial charge in [0.1, 0.15) is 0 Å². The van der Waals surface area contributed by atoms with Crippen molar-refractivity contribution in [2.24, 2.45) is 5.92 Å². The molecule has 0 heteroatoms. The predicted molar refractivity (Wildman–Crippen MR) is 46.7 cm³/mol. The zero-order valence-electron chi connectivity index (χ0n) is 6.98. The van der Waals surface area contributed by atoms with E-state index in [0.29, 0.717) is 5.92 Å². The van der Waals surface area contributed by atoms with E-state index in [1.807, 2.05) is 6.08 Å². The summed E-state index contributed by atoms with van der Waals surface area (Å²) >= 11 is 0. The van der Waals surface area contributed by atoms with E-state index in [2.05, 4.69) is 32.3 Å². The fraction of sp³-hybridized carbons (Fsp3) is 0.600. The van der Waals surface area contributed by atoms with Gasteiger partial charge in [-0.1, -0.05) is 19.9 Å². The molecule has 0 rings (SSSR count). The lowest BCUT2D eigenvalue weighted by molar-refractivity contribution is 0.613. The molecule has 0 bridgehead atoms. The van der Waals surface area contributed by atoms with Crippen molar-refractivity contribution >= 4 is 0 Å². The summed E-state index contributed by atoms with van der Waals surface area (Å²) in [6.07, 6.45) is 5.03. The zero-order chi connectivity index (χ0) is 7.82. The van der Waals surface area contributed by atoms with Gasteiger partial charge in [-0.3, -0.25) is 0 Å². The van der Waals surface area contributed by atoms with Crippen molar-refractivity contribution in [1.82, 2.24) is 0 Å². The van der Waals surface area contributed by atoms with Crippen LogP contribution in [0.2, 0.25) is 0 Å². The van der Waals surface area contributed by atoms with Crippen LogP contribution in [0.4, 0.5) is 0 Å². The Bertz CT molecular complexity index is 134. The molecule has 0 aromatic heterocycles. The fourth-order valence-electron chi connectivity index (χ4n) is 0.739. The Labute approximate surface area is 64.3 Å². The molecule has 0 nitrogen and oxygen atoms in total. The first-order chi connectivity index (χ1) is 4.81. The largest absolute Gasteiger partial charge is 0.104 e. The standard InChI is InChI=1S/C10H16/c1-4-6-7-9-10(3)8-5-2/h5,10H,2,4,8-9H2,1,3H3. The average Bonchev–Trinajstić information content (AvgIpc) is 1.89. The van der Waals surface area contributed by atoms with E-state index in [0.717, 1.165) is 19.3 Å². The SMILES string of the molecule is C=CCC(C)CC#CCC. The maximum absolute atomic E-state index is 3.68. The third kappa shape index (κ3) is 5.44. The van der Waals surface area contributed by atoms with E-state index in [1.54, 1.807) is 0 Å². The molecule has 10 heavy (non-hydrogen) atoms. The number of hydrogen-bond donors (Lipinski definition) is 0. The highest BCUT2D eigenvalue weighted by atomic mass is 14.0. The van der Waals surface area contributed by atoms with Gasteiger partial charge in [0.25, 0.3) is 0 Å². The highest BCUT2D eigenvalue weighted by Gasteiger charge is 1.93. The van der Waals surface area contributed by atoms with Crippen LogP contribution in [-0.4, -0.2) is 0 Å². The molecule has 56 valence electrons. The topological polar surface area (TPSA) is 0 Å². The van der Waals surface area contributed by atoms with Crippen LogP contribution in [0.1, 0.15) is 33.1 Å². The summed E-state index contributed by atoms with van der Waals surface area (Å²) in [5, 5.41) is 0. The van der Waals surface area contributed by atoms with E-state index < -0.39 is 0 Å². The first-order valence-corrected chi connectivity index (χ1v) is 3.87. The van der Waals surface area contributed by atoms with Crippen LogP contribution in [0.25, 0.3) is 0 Å². The van der Waals surface area contributed by atoms with Crippen molar-refractivity contribution in [3.63, 3.8) is 0 Å². The highest BCUT2D eigenvalue weighted by molar-refractivity contribution is 4.99. The molecule has 0 amide bonds. The van der Waals surface area contributed by atoms with Gasteiger partial charge in [-0.15, -0.1) is 18.4 Å². The summed E-state index contributed by atoms with van der Waals surface area (Å²) in [7, 11) is 0. The minimum absolute atomic E-state index is 0.677. The Balaban J connectivity index is 3.37. The smallest absolute Gasteiger partial charge is 0.0117 e. The Morgan fingerprint density at radius 1 is 1.50 bits per heavy atom. The van der Waals surface area contributed by atoms with E-state index >= 15 is 0 Å². The summed E-state index contributed by atoms with van der Waals surface area (Å²) < 4.78 is 0. The van der Waals surface area contributed by atoms with Crippen molar-refractivity contribution in [3.8, 4) is 11.8 Å². The lowest BCUT2D eigenvalue weighted by Gasteiger charge is -2.00. The van der Waals surface area contributed by atoms with Crippen LogP contribution < -0.4 is 0 Å². The van der Waals surface area contributed by atoms with Crippen molar-refractivity contribution in [2.75, 3.05) is 0 Å². The molecule has 1 unspecified atom stereocenters. The van der Waals surface area contributed by atoms with Crippen molar-refractivity contribution in [2.45, 2.75) is 33.1 Å². The molecule has 1 atom stereocenters. The monoisotopic (exact) mass is 136 g/mol. The summed E-state index contributed by atoms with van der Waals surface area (Å²) in [5.74, 6) is 6.85. The van der Waals surface area contributed by atoms with E-state index in [4.69, 9.17) is 0 Å². The van der Waals surface area contributed by atoms with Crippen molar-refractivity contribution < 1.29 is 0 Å². The van der Waals surface area contributed by atoms with Crippen LogP contribution in [0.3, 0.4) is 0 Å². The Morgan fingerprint density at radius 3 is 2.70 bits per heavy atom. The Morgan fingerprint density at radius 2 is 2.20 bits per heavy atom. The molecule has 0 saturated heterocycles. The summed E-state index contributed by atoms with van der Waals surface area (Å²) in [6.45, 7) is 7.96. The lowest BCUT2D eigenvalue weighted by Crippen LogP contribution is -1.88. The molecular weight excluding hydrogens is 120 g/mol. The molecular formula is C10H16. The van der Waals surface area contributed by atoms with E-state index in [9.17, 15) is 0 Å². The Kier molecular flexibility index (Phi) is 5.97. The molecule has 0 aliphatic rings. The normalized spacial score (nSPS) is 11.4. The molecule has 0 aromatic carbocycles. The quantitative estimate of drug-likeness (QED) is 0.413.